The Bertz CT molecular complexity index is 702. The lowest BCUT2D eigenvalue weighted by molar-refractivity contribution is -0.143. The fourth-order valence-electron chi connectivity index (χ4n) is 3.87. The van der Waals surface area contributed by atoms with E-state index < -0.39 is 5.41 Å². The van der Waals surface area contributed by atoms with Crippen LogP contribution in [0.5, 0.6) is 0 Å². The predicted molar refractivity (Wildman–Crippen MR) is 82.7 cm³/mol. The Labute approximate surface area is 130 Å². The molecule has 3 rings (SSSR count). The van der Waals surface area contributed by atoms with Crippen molar-refractivity contribution in [2.24, 2.45) is 11.8 Å². The van der Waals surface area contributed by atoms with Crippen molar-refractivity contribution in [1.29, 1.82) is 0 Å². The van der Waals surface area contributed by atoms with Crippen LogP contribution in [-0.4, -0.2) is 30.2 Å². The zero-order chi connectivity index (χ0) is 15.9. The number of hydrogen-bond donors (Lipinski definition) is 0. The molecule has 112 valence electrons. The molecule has 1 aliphatic carbocycles. The minimum atomic E-state index is -0.887. The lowest BCUT2D eigenvalue weighted by Crippen LogP contribution is -2.58. The molecule has 1 aliphatic heterocycles. The number of piperidine rings is 1. The zero-order valence-electron chi connectivity index (χ0n) is 12.7. The molecule has 0 saturated carbocycles. The molecule has 0 aromatic heterocycles. The molecular formula is C18H18N2O2. The number of likely N-dealkylation sites (tertiary alicyclic amines) is 1. The molecule has 4 heteroatoms. The van der Waals surface area contributed by atoms with E-state index in [0.29, 0.717) is 6.54 Å². The Morgan fingerprint density at radius 1 is 1.27 bits per heavy atom. The molecule has 1 aromatic rings. The van der Waals surface area contributed by atoms with E-state index in [0.717, 1.165) is 12.0 Å². The van der Waals surface area contributed by atoms with Gasteiger partial charge in [-0.2, -0.15) is 0 Å². The average molecular weight is 294 g/mol. The van der Waals surface area contributed by atoms with Crippen molar-refractivity contribution >= 4 is 11.7 Å². The molecular weight excluding hydrogens is 276 g/mol. The number of fused-ring (bicyclic) bond motifs is 1. The standard InChI is InChI=1S/C18H18N2O2/c1-12-14-9-10-20(3)17(22)18(14,11-15(19-2)16(12)21)13-7-5-4-6-8-13/h4-8,11-12,14H,9-10H2,1,3H3/t12-,14-,18+/m1/s1. The van der Waals surface area contributed by atoms with Gasteiger partial charge in [0.05, 0.1) is 12.0 Å². The molecule has 1 heterocycles. The topological polar surface area (TPSA) is 41.7 Å². The van der Waals surface area contributed by atoms with Gasteiger partial charge in [-0.1, -0.05) is 43.3 Å². The Morgan fingerprint density at radius 3 is 2.59 bits per heavy atom. The number of benzene rings is 1. The highest BCUT2D eigenvalue weighted by Crippen LogP contribution is 2.48. The first kappa shape index (κ1) is 14.5. The molecule has 1 saturated heterocycles. The largest absolute Gasteiger partial charge is 0.345 e. The molecule has 0 radical (unpaired) electrons. The van der Waals surface area contributed by atoms with Crippen LogP contribution in [0.25, 0.3) is 4.85 Å². The summed E-state index contributed by atoms with van der Waals surface area (Å²) in [5.74, 6) is -0.553. The van der Waals surface area contributed by atoms with E-state index in [-0.39, 0.29) is 29.2 Å². The maximum absolute atomic E-state index is 13.1. The summed E-state index contributed by atoms with van der Waals surface area (Å²) >= 11 is 0. The van der Waals surface area contributed by atoms with Crippen LogP contribution in [-0.2, 0) is 15.0 Å². The monoisotopic (exact) mass is 294 g/mol. The SMILES string of the molecule is [C-]#[N+]C1=C[C@@]2(c3ccccc3)C(=O)N(C)CC[C@@H]2[C@@H](C)C1=O. The number of carbonyl (C=O) groups is 2. The Kier molecular flexibility index (Phi) is 3.37. The Balaban J connectivity index is 2.30. The number of hydrogen-bond acceptors (Lipinski definition) is 2. The van der Waals surface area contributed by atoms with Gasteiger partial charge in [0.2, 0.25) is 11.6 Å². The van der Waals surface area contributed by atoms with Gasteiger partial charge in [0, 0.05) is 19.5 Å². The summed E-state index contributed by atoms with van der Waals surface area (Å²) in [6, 6.07) is 9.54. The van der Waals surface area contributed by atoms with Crippen LogP contribution < -0.4 is 0 Å². The molecule has 3 atom stereocenters. The highest BCUT2D eigenvalue weighted by atomic mass is 16.2. The molecule has 22 heavy (non-hydrogen) atoms. The van der Waals surface area contributed by atoms with Crippen LogP contribution in [0.2, 0.25) is 0 Å². The van der Waals surface area contributed by atoms with Crippen LogP contribution in [0, 0.1) is 18.4 Å². The van der Waals surface area contributed by atoms with Crippen LogP contribution in [0.15, 0.2) is 42.1 Å². The molecule has 0 unspecified atom stereocenters. The second kappa shape index (κ2) is 5.10. The van der Waals surface area contributed by atoms with Crippen molar-refractivity contribution in [1.82, 2.24) is 4.90 Å². The van der Waals surface area contributed by atoms with Crippen molar-refractivity contribution < 1.29 is 9.59 Å². The summed E-state index contributed by atoms with van der Waals surface area (Å²) in [6.45, 7) is 9.80. The van der Waals surface area contributed by atoms with E-state index >= 15 is 0 Å². The highest BCUT2D eigenvalue weighted by Gasteiger charge is 2.55. The van der Waals surface area contributed by atoms with Gasteiger partial charge in [0.15, 0.2) is 5.78 Å². The van der Waals surface area contributed by atoms with Crippen molar-refractivity contribution in [3.05, 3.63) is 59.1 Å². The second-order valence-electron chi connectivity index (χ2n) is 6.15. The van der Waals surface area contributed by atoms with E-state index in [1.807, 2.05) is 37.3 Å². The second-order valence-corrected chi connectivity index (χ2v) is 6.15. The van der Waals surface area contributed by atoms with E-state index in [1.54, 1.807) is 18.0 Å². The zero-order valence-corrected chi connectivity index (χ0v) is 12.7. The number of rotatable bonds is 1. The lowest BCUT2D eigenvalue weighted by atomic mass is 9.58. The molecule has 1 amide bonds. The lowest BCUT2D eigenvalue weighted by Gasteiger charge is -2.49. The van der Waals surface area contributed by atoms with Gasteiger partial charge in [-0.15, -0.1) is 0 Å². The van der Waals surface area contributed by atoms with E-state index in [9.17, 15) is 9.59 Å². The fourth-order valence-corrected chi connectivity index (χ4v) is 3.87. The number of nitrogens with zero attached hydrogens (tertiary/aromatic N) is 2. The van der Waals surface area contributed by atoms with E-state index in [1.165, 1.54) is 0 Å². The first-order chi connectivity index (χ1) is 10.5. The smallest absolute Gasteiger partial charge is 0.235 e. The van der Waals surface area contributed by atoms with Gasteiger partial charge in [-0.25, -0.2) is 4.85 Å². The molecule has 4 nitrogen and oxygen atoms in total. The number of likely N-dealkylation sites (N-methyl/N-ethyl adjacent to an activating group) is 1. The Hall–Kier alpha value is -2.41. The number of carbonyl (C=O) groups excluding carboxylic acids is 2. The third kappa shape index (κ3) is 1.82. The molecule has 0 N–H and O–H groups in total. The first-order valence-corrected chi connectivity index (χ1v) is 7.48. The minimum Gasteiger partial charge on any atom is -0.345 e. The molecule has 2 aliphatic rings. The first-order valence-electron chi connectivity index (χ1n) is 7.48. The number of ketones is 1. The quantitative estimate of drug-likeness (QED) is 0.746. The normalized spacial score (nSPS) is 31.3. The van der Waals surface area contributed by atoms with Gasteiger partial charge in [-0.3, -0.25) is 4.79 Å². The summed E-state index contributed by atoms with van der Waals surface area (Å²) in [5, 5.41) is 0. The molecule has 0 spiro atoms. The van der Waals surface area contributed by atoms with Crippen LogP contribution in [0.3, 0.4) is 0 Å². The van der Waals surface area contributed by atoms with Crippen molar-refractivity contribution in [3.8, 4) is 0 Å². The maximum atomic E-state index is 13.1. The number of Topliss-reactive ketones (excluding diaryl/α,β-unsaturated/α-hetero) is 1. The van der Waals surface area contributed by atoms with Crippen molar-refractivity contribution in [3.63, 3.8) is 0 Å². The summed E-state index contributed by atoms with van der Waals surface area (Å²) in [6.07, 6.45) is 2.39. The summed E-state index contributed by atoms with van der Waals surface area (Å²) in [4.78, 5) is 30.5. The maximum Gasteiger partial charge on any atom is 0.235 e. The van der Waals surface area contributed by atoms with Gasteiger partial charge in [-0.05, 0) is 17.9 Å². The van der Waals surface area contributed by atoms with Crippen molar-refractivity contribution in [2.75, 3.05) is 13.6 Å². The van der Waals surface area contributed by atoms with Crippen molar-refractivity contribution in [2.45, 2.75) is 18.8 Å². The summed E-state index contributed by atoms with van der Waals surface area (Å²) in [5.41, 5.74) is 0.0786. The minimum absolute atomic E-state index is 0.0181. The number of allylic oxidation sites excluding steroid dienone is 1. The summed E-state index contributed by atoms with van der Waals surface area (Å²) < 4.78 is 0. The highest BCUT2D eigenvalue weighted by molar-refractivity contribution is 6.04. The van der Waals surface area contributed by atoms with Gasteiger partial charge >= 0.3 is 0 Å². The van der Waals surface area contributed by atoms with Gasteiger partial charge in [0.25, 0.3) is 0 Å². The van der Waals surface area contributed by atoms with Crippen LogP contribution in [0.1, 0.15) is 18.9 Å². The third-order valence-corrected chi connectivity index (χ3v) is 5.07. The van der Waals surface area contributed by atoms with E-state index in [4.69, 9.17) is 6.57 Å². The fraction of sp³-hybridized carbons (Fsp3) is 0.389. The number of amides is 1. The van der Waals surface area contributed by atoms with Gasteiger partial charge < -0.3 is 9.69 Å². The predicted octanol–water partition coefficient (Wildman–Crippen LogP) is 2.42. The molecule has 0 bridgehead atoms. The molecule has 1 aromatic carbocycles. The summed E-state index contributed by atoms with van der Waals surface area (Å²) in [7, 11) is 1.79. The third-order valence-electron chi connectivity index (χ3n) is 5.07. The van der Waals surface area contributed by atoms with E-state index in [2.05, 4.69) is 4.85 Å². The van der Waals surface area contributed by atoms with Gasteiger partial charge in [0.1, 0.15) is 0 Å². The molecule has 1 fully saturated rings. The van der Waals surface area contributed by atoms with Crippen LogP contribution in [0.4, 0.5) is 0 Å². The van der Waals surface area contributed by atoms with Crippen LogP contribution >= 0.6 is 0 Å². The average Bonchev–Trinajstić information content (AvgIpc) is 2.55. The Morgan fingerprint density at radius 2 is 1.95 bits per heavy atom.